The van der Waals surface area contributed by atoms with E-state index in [0.29, 0.717) is 42.6 Å². The first-order chi connectivity index (χ1) is 13.8. The lowest BCUT2D eigenvalue weighted by atomic mass is 9.86. The second kappa shape index (κ2) is 7.46. The predicted molar refractivity (Wildman–Crippen MR) is 100 cm³/mol. The Morgan fingerprint density at radius 3 is 2.21 bits per heavy atom. The molecule has 0 aliphatic carbocycles. The van der Waals surface area contributed by atoms with Crippen molar-refractivity contribution in [3.05, 3.63) is 70.8 Å². The fourth-order valence-corrected chi connectivity index (χ4v) is 4.07. The highest BCUT2D eigenvalue weighted by Crippen LogP contribution is 2.38. The average molecular weight is 405 g/mol. The van der Waals surface area contributed by atoms with Gasteiger partial charge in [0, 0.05) is 18.7 Å². The third-order valence-corrected chi connectivity index (χ3v) is 5.84. The number of benzene rings is 2. The molecule has 0 unspecified atom stereocenters. The van der Waals surface area contributed by atoms with Crippen molar-refractivity contribution in [1.29, 1.82) is 0 Å². The molecule has 0 saturated carbocycles. The molecule has 0 radical (unpaired) electrons. The Morgan fingerprint density at radius 2 is 1.66 bits per heavy atom. The van der Waals surface area contributed by atoms with Gasteiger partial charge in [0.2, 0.25) is 0 Å². The number of halogens is 3. The van der Waals surface area contributed by atoms with E-state index in [1.54, 1.807) is 41.3 Å². The minimum absolute atomic E-state index is 0.143. The Hall–Kier alpha value is -2.38. The number of hydrogen-bond donors (Lipinski definition) is 1. The van der Waals surface area contributed by atoms with Crippen LogP contribution in [0, 0.1) is 0 Å². The van der Waals surface area contributed by atoms with E-state index in [-0.39, 0.29) is 25.0 Å². The summed E-state index contributed by atoms with van der Waals surface area (Å²) in [6, 6.07) is 12.5. The molecule has 2 saturated heterocycles. The minimum Gasteiger partial charge on any atom is -0.380 e. The number of carbonyl (C=O) groups is 1. The number of piperidine rings is 1. The van der Waals surface area contributed by atoms with Gasteiger partial charge in [-0.3, -0.25) is 4.79 Å². The van der Waals surface area contributed by atoms with E-state index in [1.165, 1.54) is 6.07 Å². The van der Waals surface area contributed by atoms with Crippen LogP contribution in [0.5, 0.6) is 0 Å². The number of likely N-dealkylation sites (tertiary alicyclic amines) is 1. The Morgan fingerprint density at radius 1 is 1.03 bits per heavy atom. The Bertz CT molecular complexity index is 883. The van der Waals surface area contributed by atoms with Crippen molar-refractivity contribution in [2.24, 2.45) is 0 Å². The second-order valence-electron chi connectivity index (χ2n) is 7.75. The fourth-order valence-electron chi connectivity index (χ4n) is 4.07. The number of nitrogens with zero attached hydrogens (tertiary/aromatic N) is 1. The molecular formula is C22H22F3NO3. The molecule has 2 heterocycles. The first kappa shape index (κ1) is 19.9. The third-order valence-electron chi connectivity index (χ3n) is 5.84. The van der Waals surface area contributed by atoms with Crippen LogP contribution < -0.4 is 0 Å². The maximum atomic E-state index is 13.3. The van der Waals surface area contributed by atoms with Crippen molar-refractivity contribution in [1.82, 2.24) is 4.90 Å². The highest BCUT2D eigenvalue weighted by Gasteiger charge is 2.38. The summed E-state index contributed by atoms with van der Waals surface area (Å²) < 4.78 is 44.9. The van der Waals surface area contributed by atoms with Crippen LogP contribution in [0.25, 0.3) is 0 Å². The zero-order chi connectivity index (χ0) is 20.6. The molecule has 154 valence electrons. The zero-order valence-corrected chi connectivity index (χ0v) is 15.8. The lowest BCUT2D eigenvalue weighted by Gasteiger charge is -2.37. The number of amides is 1. The Kier molecular flexibility index (Phi) is 5.12. The summed E-state index contributed by atoms with van der Waals surface area (Å²) in [4.78, 5) is 14.5. The molecule has 0 bridgehead atoms. The van der Waals surface area contributed by atoms with Crippen LogP contribution in [0.15, 0.2) is 48.5 Å². The first-order valence-electron chi connectivity index (χ1n) is 9.64. The molecule has 2 fully saturated rings. The lowest BCUT2D eigenvalue weighted by Crippen LogP contribution is -2.46. The van der Waals surface area contributed by atoms with Crippen LogP contribution in [0.2, 0.25) is 0 Å². The van der Waals surface area contributed by atoms with Crippen LogP contribution in [0.3, 0.4) is 0 Å². The van der Waals surface area contributed by atoms with Crippen LogP contribution in [-0.2, 0) is 16.5 Å². The summed E-state index contributed by atoms with van der Waals surface area (Å²) in [5.41, 5.74) is -0.0357. The number of ether oxygens (including phenoxy) is 1. The molecule has 1 amide bonds. The summed E-state index contributed by atoms with van der Waals surface area (Å²) in [5, 5.41) is 10.3. The van der Waals surface area contributed by atoms with Crippen molar-refractivity contribution in [3.63, 3.8) is 0 Å². The van der Waals surface area contributed by atoms with Gasteiger partial charge in [-0.15, -0.1) is 0 Å². The Labute approximate surface area is 166 Å². The predicted octanol–water partition coefficient (Wildman–Crippen LogP) is 3.94. The topological polar surface area (TPSA) is 49.8 Å². The SMILES string of the molecule is O=C(c1ccc(C2(O)COC2)cc1)N1CCC(c2ccccc2C(F)(F)F)CC1. The van der Waals surface area contributed by atoms with Gasteiger partial charge >= 0.3 is 6.18 Å². The molecule has 0 aromatic heterocycles. The lowest BCUT2D eigenvalue weighted by molar-refractivity contribution is -0.184. The van der Waals surface area contributed by atoms with Crippen molar-refractivity contribution in [2.45, 2.75) is 30.5 Å². The minimum atomic E-state index is -4.37. The summed E-state index contributed by atoms with van der Waals surface area (Å²) in [6.45, 7) is 1.31. The molecule has 4 nitrogen and oxygen atoms in total. The molecule has 0 atom stereocenters. The number of hydrogen-bond acceptors (Lipinski definition) is 3. The zero-order valence-electron chi connectivity index (χ0n) is 15.8. The molecule has 7 heteroatoms. The van der Waals surface area contributed by atoms with Gasteiger partial charge in [-0.05, 0) is 48.1 Å². The molecular weight excluding hydrogens is 383 g/mol. The standard InChI is InChI=1S/C22H22F3NO3/c23-22(24,25)19-4-2-1-3-18(19)15-9-11-26(12-10-15)20(27)16-5-7-17(8-6-16)21(28)13-29-14-21/h1-8,15,28H,9-14H2. The van der Waals surface area contributed by atoms with Crippen molar-refractivity contribution in [2.75, 3.05) is 26.3 Å². The monoisotopic (exact) mass is 405 g/mol. The van der Waals surface area contributed by atoms with E-state index >= 15 is 0 Å². The maximum absolute atomic E-state index is 13.3. The van der Waals surface area contributed by atoms with Crippen LogP contribution in [0.4, 0.5) is 13.2 Å². The van der Waals surface area contributed by atoms with E-state index in [9.17, 15) is 23.1 Å². The van der Waals surface area contributed by atoms with E-state index in [4.69, 9.17) is 4.74 Å². The fraction of sp³-hybridized carbons (Fsp3) is 0.409. The highest BCUT2D eigenvalue weighted by molar-refractivity contribution is 5.94. The molecule has 0 spiro atoms. The highest BCUT2D eigenvalue weighted by atomic mass is 19.4. The van der Waals surface area contributed by atoms with Crippen molar-refractivity contribution in [3.8, 4) is 0 Å². The first-order valence-corrected chi connectivity index (χ1v) is 9.64. The molecule has 2 aromatic rings. The van der Waals surface area contributed by atoms with E-state index in [0.717, 1.165) is 6.07 Å². The maximum Gasteiger partial charge on any atom is 0.416 e. The Balaban J connectivity index is 1.42. The summed E-state index contributed by atoms with van der Waals surface area (Å²) >= 11 is 0. The van der Waals surface area contributed by atoms with Gasteiger partial charge in [0.1, 0.15) is 5.60 Å². The second-order valence-corrected chi connectivity index (χ2v) is 7.75. The van der Waals surface area contributed by atoms with Gasteiger partial charge < -0.3 is 14.7 Å². The van der Waals surface area contributed by atoms with Gasteiger partial charge in [-0.25, -0.2) is 0 Å². The molecule has 2 aliphatic rings. The molecule has 4 rings (SSSR count). The number of aliphatic hydroxyl groups is 1. The van der Waals surface area contributed by atoms with Gasteiger partial charge in [-0.1, -0.05) is 30.3 Å². The van der Waals surface area contributed by atoms with Gasteiger partial charge in [0.05, 0.1) is 18.8 Å². The van der Waals surface area contributed by atoms with Gasteiger partial charge in [0.15, 0.2) is 0 Å². The van der Waals surface area contributed by atoms with Crippen LogP contribution >= 0.6 is 0 Å². The molecule has 1 N–H and O–H groups in total. The largest absolute Gasteiger partial charge is 0.416 e. The van der Waals surface area contributed by atoms with Crippen molar-refractivity contribution >= 4 is 5.91 Å². The normalized spacial score (nSPS) is 19.7. The average Bonchev–Trinajstić information content (AvgIpc) is 2.71. The summed E-state index contributed by atoms with van der Waals surface area (Å²) in [5.74, 6) is -0.358. The summed E-state index contributed by atoms with van der Waals surface area (Å²) in [6.07, 6.45) is -3.39. The smallest absolute Gasteiger partial charge is 0.380 e. The van der Waals surface area contributed by atoms with Gasteiger partial charge in [-0.2, -0.15) is 13.2 Å². The molecule has 2 aromatic carbocycles. The number of rotatable bonds is 3. The van der Waals surface area contributed by atoms with Gasteiger partial charge in [0.25, 0.3) is 5.91 Å². The molecule has 2 aliphatic heterocycles. The van der Waals surface area contributed by atoms with Crippen LogP contribution in [0.1, 0.15) is 45.8 Å². The molecule has 29 heavy (non-hydrogen) atoms. The number of alkyl halides is 3. The third kappa shape index (κ3) is 3.89. The summed E-state index contributed by atoms with van der Waals surface area (Å²) in [7, 11) is 0. The quantitative estimate of drug-likeness (QED) is 0.842. The van der Waals surface area contributed by atoms with E-state index < -0.39 is 17.3 Å². The van der Waals surface area contributed by atoms with Crippen molar-refractivity contribution < 1.29 is 27.8 Å². The van der Waals surface area contributed by atoms with E-state index in [1.807, 2.05) is 0 Å². The van der Waals surface area contributed by atoms with E-state index in [2.05, 4.69) is 0 Å². The number of carbonyl (C=O) groups excluding carboxylic acids is 1. The van der Waals surface area contributed by atoms with Crippen LogP contribution in [-0.4, -0.2) is 42.2 Å².